The van der Waals surface area contributed by atoms with Crippen LogP contribution in [0.15, 0.2) is 77.4 Å². The summed E-state index contributed by atoms with van der Waals surface area (Å²) in [5, 5.41) is 6.32. The molecule has 0 saturated carbocycles. The molecule has 3 rings (SSSR count). The van der Waals surface area contributed by atoms with Crippen LogP contribution in [0.1, 0.15) is 17.4 Å². The monoisotopic (exact) mass is 326 g/mol. The molecule has 0 spiro atoms. The Morgan fingerprint density at radius 3 is 2.35 bits per heavy atom. The molecule has 2 aromatic carbocycles. The number of carbonyl (C=O) groups excluding carboxylic acids is 1. The minimum Gasteiger partial charge on any atom is -0.467 e. The zero-order valence-corrected chi connectivity index (χ0v) is 13.0. The van der Waals surface area contributed by atoms with Gasteiger partial charge in [-0.25, -0.2) is 4.79 Å². The third-order valence-electron chi connectivity index (χ3n) is 3.34. The Kier molecular flexibility index (Phi) is 4.64. The second-order valence-corrected chi connectivity index (χ2v) is 5.40. The molecule has 116 valence electrons. The molecule has 1 unspecified atom stereocenters. The normalized spacial score (nSPS) is 11.7. The third kappa shape index (κ3) is 3.93. The van der Waals surface area contributed by atoms with Crippen LogP contribution in [0.25, 0.3) is 0 Å². The summed E-state index contributed by atoms with van der Waals surface area (Å²) in [5.74, 6) is 0.669. The summed E-state index contributed by atoms with van der Waals surface area (Å²) in [7, 11) is 0. The number of urea groups is 1. The number of halogens is 1. The first kappa shape index (κ1) is 15.2. The lowest BCUT2D eigenvalue weighted by Crippen LogP contribution is -2.33. The number of anilines is 1. The molecule has 0 fully saturated rings. The van der Waals surface area contributed by atoms with Crippen LogP contribution in [0.3, 0.4) is 0 Å². The molecule has 0 aliphatic rings. The smallest absolute Gasteiger partial charge is 0.320 e. The molecular formula is C18H15ClN2O2. The maximum atomic E-state index is 12.3. The number of furan rings is 1. The number of benzene rings is 2. The number of rotatable bonds is 4. The Balaban J connectivity index is 1.76. The fourth-order valence-corrected chi connectivity index (χ4v) is 2.38. The Bertz CT molecular complexity index is 755. The average Bonchev–Trinajstić information content (AvgIpc) is 3.10. The molecule has 3 aromatic rings. The number of hydrogen-bond acceptors (Lipinski definition) is 2. The van der Waals surface area contributed by atoms with Crippen LogP contribution in [0.2, 0.25) is 5.02 Å². The molecule has 0 bridgehead atoms. The predicted octanol–water partition coefficient (Wildman–Crippen LogP) is 4.84. The zero-order valence-electron chi connectivity index (χ0n) is 12.2. The Morgan fingerprint density at radius 1 is 0.957 bits per heavy atom. The summed E-state index contributed by atoms with van der Waals surface area (Å²) in [6, 6.07) is 19.5. The van der Waals surface area contributed by atoms with Gasteiger partial charge in [0.15, 0.2) is 0 Å². The Hall–Kier alpha value is -2.72. The first-order valence-electron chi connectivity index (χ1n) is 7.14. The van der Waals surface area contributed by atoms with Gasteiger partial charge in [0.05, 0.1) is 6.26 Å². The van der Waals surface area contributed by atoms with Crippen molar-refractivity contribution in [3.8, 4) is 0 Å². The molecule has 4 nitrogen and oxygen atoms in total. The third-order valence-corrected chi connectivity index (χ3v) is 3.59. The van der Waals surface area contributed by atoms with Gasteiger partial charge in [0.1, 0.15) is 11.8 Å². The van der Waals surface area contributed by atoms with E-state index in [1.165, 1.54) is 0 Å². The fraction of sp³-hybridized carbons (Fsp3) is 0.0556. The molecule has 1 aromatic heterocycles. The van der Waals surface area contributed by atoms with E-state index >= 15 is 0 Å². The molecule has 0 aliphatic carbocycles. The highest BCUT2D eigenvalue weighted by Crippen LogP contribution is 2.22. The molecule has 1 heterocycles. The second kappa shape index (κ2) is 7.03. The number of nitrogens with one attached hydrogen (secondary N) is 2. The van der Waals surface area contributed by atoms with E-state index in [-0.39, 0.29) is 12.1 Å². The highest BCUT2D eigenvalue weighted by atomic mass is 35.5. The van der Waals surface area contributed by atoms with E-state index in [4.69, 9.17) is 16.0 Å². The van der Waals surface area contributed by atoms with Crippen molar-refractivity contribution in [1.82, 2.24) is 5.32 Å². The van der Waals surface area contributed by atoms with Crippen LogP contribution < -0.4 is 10.6 Å². The number of hydrogen-bond donors (Lipinski definition) is 2. The largest absolute Gasteiger partial charge is 0.467 e. The van der Waals surface area contributed by atoms with E-state index in [9.17, 15) is 4.79 Å². The van der Waals surface area contributed by atoms with E-state index in [1.807, 2.05) is 36.4 Å². The minimum atomic E-state index is -0.362. The Labute approximate surface area is 139 Å². The molecule has 0 radical (unpaired) electrons. The summed E-state index contributed by atoms with van der Waals surface area (Å²) >= 11 is 5.84. The molecule has 2 amide bonds. The highest BCUT2D eigenvalue weighted by Gasteiger charge is 2.19. The van der Waals surface area contributed by atoms with Crippen molar-refractivity contribution in [3.63, 3.8) is 0 Å². The van der Waals surface area contributed by atoms with E-state index in [2.05, 4.69) is 10.6 Å². The second-order valence-electron chi connectivity index (χ2n) is 4.96. The van der Waals surface area contributed by atoms with E-state index in [0.717, 1.165) is 5.56 Å². The maximum absolute atomic E-state index is 12.3. The standard InChI is InChI=1S/C18H15ClN2O2/c19-14-8-10-15(11-9-14)20-18(22)21-17(16-7-4-12-23-16)13-5-2-1-3-6-13/h1-12,17H,(H2,20,21,22). The zero-order chi connectivity index (χ0) is 16.1. The van der Waals surface area contributed by atoms with E-state index in [0.29, 0.717) is 16.5 Å². The molecule has 1 atom stereocenters. The van der Waals surface area contributed by atoms with Crippen molar-refractivity contribution < 1.29 is 9.21 Å². The lowest BCUT2D eigenvalue weighted by Gasteiger charge is -2.17. The quantitative estimate of drug-likeness (QED) is 0.720. The number of carbonyl (C=O) groups is 1. The summed E-state index contributed by atoms with van der Waals surface area (Å²) < 4.78 is 5.46. The first-order chi connectivity index (χ1) is 11.2. The van der Waals surface area contributed by atoms with Crippen molar-refractivity contribution in [2.24, 2.45) is 0 Å². The van der Waals surface area contributed by atoms with Gasteiger partial charge in [0.25, 0.3) is 0 Å². The summed E-state index contributed by atoms with van der Waals surface area (Å²) in [5.41, 5.74) is 1.60. The van der Waals surface area contributed by atoms with Crippen LogP contribution in [0.5, 0.6) is 0 Å². The average molecular weight is 327 g/mol. The molecule has 23 heavy (non-hydrogen) atoms. The SMILES string of the molecule is O=C(Nc1ccc(Cl)cc1)NC(c1ccccc1)c1ccco1. The topological polar surface area (TPSA) is 54.3 Å². The van der Waals surface area contributed by atoms with Crippen molar-refractivity contribution in [2.45, 2.75) is 6.04 Å². The minimum absolute atomic E-state index is 0.322. The van der Waals surface area contributed by atoms with Gasteiger partial charge in [-0.15, -0.1) is 0 Å². The first-order valence-corrected chi connectivity index (χ1v) is 7.51. The van der Waals surface area contributed by atoms with Gasteiger partial charge in [0.2, 0.25) is 0 Å². The van der Waals surface area contributed by atoms with Crippen molar-refractivity contribution in [1.29, 1.82) is 0 Å². The van der Waals surface area contributed by atoms with Crippen molar-refractivity contribution in [2.75, 3.05) is 5.32 Å². The van der Waals surface area contributed by atoms with E-state index < -0.39 is 0 Å². The van der Waals surface area contributed by atoms with Crippen LogP contribution in [-0.2, 0) is 0 Å². The fourth-order valence-electron chi connectivity index (χ4n) is 2.25. The Morgan fingerprint density at radius 2 is 1.70 bits per heavy atom. The van der Waals surface area contributed by atoms with Gasteiger partial charge in [-0.1, -0.05) is 41.9 Å². The highest BCUT2D eigenvalue weighted by molar-refractivity contribution is 6.30. The molecular weight excluding hydrogens is 312 g/mol. The van der Waals surface area contributed by atoms with Crippen LogP contribution in [-0.4, -0.2) is 6.03 Å². The van der Waals surface area contributed by atoms with Crippen LogP contribution in [0, 0.1) is 0 Å². The van der Waals surface area contributed by atoms with Gasteiger partial charge in [0, 0.05) is 10.7 Å². The van der Waals surface area contributed by atoms with Crippen LogP contribution >= 0.6 is 11.6 Å². The van der Waals surface area contributed by atoms with Gasteiger partial charge in [-0.05, 0) is 42.0 Å². The molecule has 0 aliphatic heterocycles. The summed E-state index contributed by atoms with van der Waals surface area (Å²) in [4.78, 5) is 12.3. The molecule has 5 heteroatoms. The van der Waals surface area contributed by atoms with Crippen molar-refractivity contribution in [3.05, 3.63) is 89.3 Å². The maximum Gasteiger partial charge on any atom is 0.320 e. The van der Waals surface area contributed by atoms with Gasteiger partial charge < -0.3 is 15.1 Å². The van der Waals surface area contributed by atoms with Gasteiger partial charge in [-0.3, -0.25) is 0 Å². The van der Waals surface area contributed by atoms with E-state index in [1.54, 1.807) is 36.6 Å². The van der Waals surface area contributed by atoms with Crippen molar-refractivity contribution >= 4 is 23.3 Å². The number of amides is 2. The summed E-state index contributed by atoms with van der Waals surface area (Å²) in [6.07, 6.45) is 1.59. The molecule has 2 N–H and O–H groups in total. The summed E-state index contributed by atoms with van der Waals surface area (Å²) in [6.45, 7) is 0. The van der Waals surface area contributed by atoms with Crippen LogP contribution in [0.4, 0.5) is 10.5 Å². The lowest BCUT2D eigenvalue weighted by atomic mass is 10.1. The molecule has 0 saturated heterocycles. The predicted molar refractivity (Wildman–Crippen MR) is 90.6 cm³/mol. The van der Waals surface area contributed by atoms with Gasteiger partial charge >= 0.3 is 6.03 Å². The van der Waals surface area contributed by atoms with Gasteiger partial charge in [-0.2, -0.15) is 0 Å². The lowest BCUT2D eigenvalue weighted by molar-refractivity contribution is 0.248.